The highest BCUT2D eigenvalue weighted by Gasteiger charge is 2.08. The van der Waals surface area contributed by atoms with Crippen LogP contribution in [0, 0.1) is 4.77 Å². The Hall–Kier alpha value is -2.77. The van der Waals surface area contributed by atoms with Crippen molar-refractivity contribution in [2.45, 2.75) is 26.1 Å². The molecular formula is C20H21N3O3S. The molecule has 7 heteroatoms. The Labute approximate surface area is 161 Å². The van der Waals surface area contributed by atoms with Gasteiger partial charge in [0.2, 0.25) is 5.91 Å². The van der Waals surface area contributed by atoms with Crippen LogP contribution >= 0.6 is 12.2 Å². The Morgan fingerprint density at radius 1 is 1.15 bits per heavy atom. The predicted molar refractivity (Wildman–Crippen MR) is 107 cm³/mol. The average molecular weight is 383 g/mol. The molecule has 0 spiro atoms. The van der Waals surface area contributed by atoms with Crippen LogP contribution in [-0.2, 0) is 29.2 Å². The molecule has 0 aliphatic carbocycles. The molecule has 0 saturated carbocycles. The number of nitrogens with one attached hydrogen (secondary N) is 2. The molecule has 0 radical (unpaired) electrons. The van der Waals surface area contributed by atoms with Crippen LogP contribution in [0.5, 0.6) is 0 Å². The Morgan fingerprint density at radius 2 is 1.85 bits per heavy atom. The molecule has 2 aromatic carbocycles. The molecule has 0 bridgehead atoms. The summed E-state index contributed by atoms with van der Waals surface area (Å²) in [5.74, 6) is -0.134. The fourth-order valence-electron chi connectivity index (χ4n) is 2.82. The minimum Gasteiger partial charge on any atom is -0.380 e. The molecule has 0 aliphatic heterocycles. The Morgan fingerprint density at radius 3 is 2.59 bits per heavy atom. The van der Waals surface area contributed by atoms with Crippen LogP contribution in [0.15, 0.2) is 53.3 Å². The summed E-state index contributed by atoms with van der Waals surface area (Å²) in [5.41, 5.74) is 2.60. The second-order valence-corrected chi connectivity index (χ2v) is 6.60. The van der Waals surface area contributed by atoms with Crippen molar-refractivity contribution in [2.24, 2.45) is 0 Å². The number of para-hydroxylation sites is 1. The van der Waals surface area contributed by atoms with E-state index < -0.39 is 0 Å². The molecule has 1 amide bonds. The zero-order valence-electron chi connectivity index (χ0n) is 15.0. The van der Waals surface area contributed by atoms with E-state index in [9.17, 15) is 9.59 Å². The van der Waals surface area contributed by atoms with Gasteiger partial charge in [-0.3, -0.25) is 14.2 Å². The number of benzene rings is 2. The van der Waals surface area contributed by atoms with Gasteiger partial charge in [-0.2, -0.15) is 0 Å². The number of methoxy groups -OCH3 is 1. The molecule has 140 valence electrons. The van der Waals surface area contributed by atoms with Gasteiger partial charge >= 0.3 is 0 Å². The summed E-state index contributed by atoms with van der Waals surface area (Å²) < 4.78 is 6.82. The van der Waals surface area contributed by atoms with Gasteiger partial charge in [-0.1, -0.05) is 36.4 Å². The molecule has 0 aliphatic rings. The van der Waals surface area contributed by atoms with Crippen LogP contribution in [0.4, 0.5) is 0 Å². The lowest BCUT2D eigenvalue weighted by Gasteiger charge is -2.09. The third kappa shape index (κ3) is 4.69. The summed E-state index contributed by atoms with van der Waals surface area (Å²) in [6.07, 6.45) is 0.178. The Kier molecular flexibility index (Phi) is 6.16. The predicted octanol–water partition coefficient (Wildman–Crippen LogP) is 2.91. The number of hydrogen-bond acceptors (Lipinski definition) is 4. The summed E-state index contributed by atoms with van der Waals surface area (Å²) in [5, 5.41) is 3.42. The smallest absolute Gasteiger partial charge is 0.262 e. The van der Waals surface area contributed by atoms with E-state index >= 15 is 0 Å². The van der Waals surface area contributed by atoms with Crippen molar-refractivity contribution in [1.82, 2.24) is 14.9 Å². The average Bonchev–Trinajstić information content (AvgIpc) is 2.67. The molecule has 0 atom stereocenters. The maximum absolute atomic E-state index is 12.6. The molecule has 27 heavy (non-hydrogen) atoms. The van der Waals surface area contributed by atoms with Crippen LogP contribution in [0.25, 0.3) is 10.9 Å². The first-order chi connectivity index (χ1) is 13.1. The monoisotopic (exact) mass is 383 g/mol. The summed E-state index contributed by atoms with van der Waals surface area (Å²) in [4.78, 5) is 27.7. The van der Waals surface area contributed by atoms with Crippen molar-refractivity contribution in [3.05, 3.63) is 74.8 Å². The first kappa shape index (κ1) is 19.0. The lowest BCUT2D eigenvalue weighted by atomic mass is 10.1. The molecule has 1 heterocycles. The van der Waals surface area contributed by atoms with Crippen molar-refractivity contribution in [2.75, 3.05) is 7.11 Å². The number of aromatic nitrogens is 2. The molecule has 3 rings (SSSR count). The number of amides is 1. The number of fused-ring (bicyclic) bond motifs is 1. The van der Waals surface area contributed by atoms with E-state index in [2.05, 4.69) is 10.3 Å². The molecule has 6 nitrogen and oxygen atoms in total. The van der Waals surface area contributed by atoms with E-state index in [0.717, 1.165) is 11.1 Å². The highest BCUT2D eigenvalue weighted by atomic mass is 32.1. The van der Waals surface area contributed by atoms with Gasteiger partial charge in [0.25, 0.3) is 5.56 Å². The first-order valence-corrected chi connectivity index (χ1v) is 9.04. The minimum atomic E-state index is -0.184. The van der Waals surface area contributed by atoms with Gasteiger partial charge in [-0.15, -0.1) is 0 Å². The van der Waals surface area contributed by atoms with Gasteiger partial charge in [-0.05, 0) is 35.5 Å². The summed E-state index contributed by atoms with van der Waals surface area (Å²) in [7, 11) is 1.65. The normalized spacial score (nSPS) is 10.9. The van der Waals surface area contributed by atoms with Crippen molar-refractivity contribution < 1.29 is 9.53 Å². The molecular weight excluding hydrogens is 362 g/mol. The highest BCUT2D eigenvalue weighted by molar-refractivity contribution is 7.71. The summed E-state index contributed by atoms with van der Waals surface area (Å²) in [6, 6.07) is 15.0. The van der Waals surface area contributed by atoms with Gasteiger partial charge in [0, 0.05) is 26.6 Å². The van der Waals surface area contributed by atoms with Crippen molar-refractivity contribution in [3.63, 3.8) is 0 Å². The van der Waals surface area contributed by atoms with Crippen LogP contribution in [0.2, 0.25) is 0 Å². The molecule has 2 N–H and O–H groups in total. The quantitative estimate of drug-likeness (QED) is 0.615. The molecule has 3 aromatic rings. The minimum absolute atomic E-state index is 0.134. The number of hydrogen-bond donors (Lipinski definition) is 2. The molecule has 0 fully saturated rings. The molecule has 0 saturated heterocycles. The number of rotatable bonds is 7. The van der Waals surface area contributed by atoms with E-state index in [0.29, 0.717) is 28.8 Å². The Bertz CT molecular complexity index is 1050. The van der Waals surface area contributed by atoms with Crippen molar-refractivity contribution >= 4 is 29.0 Å². The molecule has 0 unspecified atom stereocenters. The maximum atomic E-state index is 12.6. The van der Waals surface area contributed by atoms with E-state index in [1.165, 1.54) is 4.57 Å². The van der Waals surface area contributed by atoms with Crippen molar-refractivity contribution in [3.8, 4) is 0 Å². The third-order valence-electron chi connectivity index (χ3n) is 4.28. The van der Waals surface area contributed by atoms with Crippen LogP contribution in [-0.4, -0.2) is 22.6 Å². The number of carbonyl (C=O) groups is 1. The SMILES string of the molecule is COCc1ccc(CNC(=O)CCn2c(=S)[nH]c3ccccc3c2=O)cc1. The zero-order valence-corrected chi connectivity index (χ0v) is 15.8. The second-order valence-electron chi connectivity index (χ2n) is 6.21. The van der Waals surface area contributed by atoms with Crippen LogP contribution < -0.4 is 10.9 Å². The largest absolute Gasteiger partial charge is 0.380 e. The highest BCUT2D eigenvalue weighted by Crippen LogP contribution is 2.07. The van der Waals surface area contributed by atoms with E-state index in [1.807, 2.05) is 36.4 Å². The van der Waals surface area contributed by atoms with Crippen molar-refractivity contribution in [1.29, 1.82) is 0 Å². The van der Waals surface area contributed by atoms with Gasteiger partial charge in [0.15, 0.2) is 4.77 Å². The first-order valence-electron chi connectivity index (χ1n) is 8.64. The third-order valence-corrected chi connectivity index (χ3v) is 4.60. The number of nitrogens with zero attached hydrogens (tertiary/aromatic N) is 1. The Balaban J connectivity index is 1.60. The number of carbonyl (C=O) groups excluding carboxylic acids is 1. The van der Waals surface area contributed by atoms with Gasteiger partial charge in [0.1, 0.15) is 0 Å². The molecule has 1 aromatic heterocycles. The van der Waals surface area contributed by atoms with E-state index in [4.69, 9.17) is 17.0 Å². The second kappa shape index (κ2) is 8.75. The number of aromatic amines is 1. The number of H-pyrrole nitrogens is 1. The van der Waals surface area contributed by atoms with Gasteiger partial charge in [-0.25, -0.2) is 0 Å². The zero-order chi connectivity index (χ0) is 19.2. The topological polar surface area (TPSA) is 76.1 Å². The lowest BCUT2D eigenvalue weighted by molar-refractivity contribution is -0.121. The summed E-state index contributed by atoms with van der Waals surface area (Å²) >= 11 is 5.26. The fourth-order valence-corrected chi connectivity index (χ4v) is 3.11. The lowest BCUT2D eigenvalue weighted by Crippen LogP contribution is -2.28. The van der Waals surface area contributed by atoms with Gasteiger partial charge < -0.3 is 15.0 Å². The van der Waals surface area contributed by atoms with E-state index in [1.54, 1.807) is 19.2 Å². The number of ether oxygens (including phenoxy) is 1. The standard InChI is InChI=1S/C20H21N3O3S/c1-26-13-15-8-6-14(7-9-15)12-21-18(24)10-11-23-19(25)16-4-2-3-5-17(16)22-20(23)27/h2-9H,10-13H2,1H3,(H,21,24)(H,22,27). The van der Waals surface area contributed by atoms with Crippen LogP contribution in [0.3, 0.4) is 0 Å². The van der Waals surface area contributed by atoms with Crippen LogP contribution in [0.1, 0.15) is 17.5 Å². The fraction of sp³-hybridized carbons (Fsp3) is 0.250. The summed E-state index contributed by atoms with van der Waals surface area (Å²) in [6.45, 7) is 1.23. The van der Waals surface area contributed by atoms with Gasteiger partial charge in [0.05, 0.1) is 17.5 Å². The maximum Gasteiger partial charge on any atom is 0.262 e. The van der Waals surface area contributed by atoms with E-state index in [-0.39, 0.29) is 24.4 Å².